The maximum atomic E-state index is 11.9. The zero-order valence-corrected chi connectivity index (χ0v) is 10.8. The second-order valence-electron chi connectivity index (χ2n) is 4.07. The third kappa shape index (κ3) is 3.81. The molecule has 0 aliphatic carbocycles. The number of hydrogen-bond donors (Lipinski definition) is 1. The molecule has 0 radical (unpaired) electrons. The van der Waals surface area contributed by atoms with Gasteiger partial charge in [0, 0.05) is 18.1 Å². The van der Waals surface area contributed by atoms with Crippen LogP contribution in [0.4, 0.5) is 5.69 Å². The molecule has 1 amide bonds. The lowest BCUT2D eigenvalue weighted by Gasteiger charge is -2.07. The quantitative estimate of drug-likeness (QED) is 0.894. The SMILES string of the molecule is CCCOc1ccc(NC(=O)c2cccnc2)cc1. The van der Waals surface area contributed by atoms with Crippen LogP contribution in [-0.4, -0.2) is 17.5 Å². The average molecular weight is 256 g/mol. The molecule has 1 N–H and O–H groups in total. The fourth-order valence-corrected chi connectivity index (χ4v) is 1.55. The minimum atomic E-state index is -0.171. The number of rotatable bonds is 5. The number of carbonyl (C=O) groups is 1. The summed E-state index contributed by atoms with van der Waals surface area (Å²) in [6, 6.07) is 10.8. The number of anilines is 1. The van der Waals surface area contributed by atoms with Crippen LogP contribution in [0, 0.1) is 0 Å². The van der Waals surface area contributed by atoms with Crippen LogP contribution in [0.15, 0.2) is 48.8 Å². The van der Waals surface area contributed by atoms with Gasteiger partial charge in [-0.2, -0.15) is 0 Å². The molecular weight excluding hydrogens is 240 g/mol. The Morgan fingerprint density at radius 3 is 2.68 bits per heavy atom. The minimum Gasteiger partial charge on any atom is -0.494 e. The summed E-state index contributed by atoms with van der Waals surface area (Å²) in [4.78, 5) is 15.8. The summed E-state index contributed by atoms with van der Waals surface area (Å²) in [5.41, 5.74) is 1.27. The highest BCUT2D eigenvalue weighted by atomic mass is 16.5. The van der Waals surface area contributed by atoms with E-state index in [4.69, 9.17) is 4.74 Å². The Balaban J connectivity index is 1.98. The molecule has 4 nitrogen and oxygen atoms in total. The van der Waals surface area contributed by atoms with E-state index in [1.807, 2.05) is 24.3 Å². The van der Waals surface area contributed by atoms with Crippen molar-refractivity contribution in [1.82, 2.24) is 4.98 Å². The van der Waals surface area contributed by atoms with E-state index in [1.54, 1.807) is 18.3 Å². The molecule has 1 aromatic carbocycles. The molecule has 2 aromatic rings. The van der Waals surface area contributed by atoms with Gasteiger partial charge in [0.2, 0.25) is 0 Å². The standard InChI is InChI=1S/C15H16N2O2/c1-2-10-19-14-7-5-13(6-8-14)17-15(18)12-4-3-9-16-11-12/h3-9,11H,2,10H2,1H3,(H,17,18). The molecule has 98 valence electrons. The molecule has 4 heteroatoms. The molecule has 0 atom stereocenters. The van der Waals surface area contributed by atoms with E-state index in [0.29, 0.717) is 12.2 Å². The van der Waals surface area contributed by atoms with Crippen molar-refractivity contribution < 1.29 is 9.53 Å². The fraction of sp³-hybridized carbons (Fsp3) is 0.200. The number of nitrogens with zero attached hydrogens (tertiary/aromatic N) is 1. The van der Waals surface area contributed by atoms with Crippen LogP contribution in [0.3, 0.4) is 0 Å². The van der Waals surface area contributed by atoms with Crippen molar-refractivity contribution in [3.63, 3.8) is 0 Å². The number of amides is 1. The Bertz CT molecular complexity index is 524. The number of hydrogen-bond acceptors (Lipinski definition) is 3. The molecule has 0 fully saturated rings. The number of benzene rings is 1. The summed E-state index contributed by atoms with van der Waals surface area (Å²) < 4.78 is 5.48. The van der Waals surface area contributed by atoms with Gasteiger partial charge in [-0.05, 0) is 42.8 Å². The van der Waals surface area contributed by atoms with E-state index < -0.39 is 0 Å². The van der Waals surface area contributed by atoms with Crippen molar-refractivity contribution in [1.29, 1.82) is 0 Å². The molecular formula is C15H16N2O2. The first-order chi connectivity index (χ1) is 9.29. The lowest BCUT2D eigenvalue weighted by Crippen LogP contribution is -2.11. The van der Waals surface area contributed by atoms with Gasteiger partial charge in [-0.3, -0.25) is 9.78 Å². The van der Waals surface area contributed by atoms with Crippen LogP contribution in [0.1, 0.15) is 23.7 Å². The number of carbonyl (C=O) groups excluding carboxylic acids is 1. The van der Waals surface area contributed by atoms with Gasteiger partial charge in [0.1, 0.15) is 5.75 Å². The second-order valence-corrected chi connectivity index (χ2v) is 4.07. The predicted octanol–water partition coefficient (Wildman–Crippen LogP) is 3.12. The monoisotopic (exact) mass is 256 g/mol. The van der Waals surface area contributed by atoms with Crippen LogP contribution < -0.4 is 10.1 Å². The minimum absolute atomic E-state index is 0.171. The van der Waals surface area contributed by atoms with E-state index in [0.717, 1.165) is 17.9 Å². The average Bonchev–Trinajstić information content (AvgIpc) is 2.47. The highest BCUT2D eigenvalue weighted by Gasteiger charge is 2.05. The van der Waals surface area contributed by atoms with Gasteiger partial charge in [-0.15, -0.1) is 0 Å². The lowest BCUT2D eigenvalue weighted by atomic mass is 10.2. The summed E-state index contributed by atoms with van der Waals surface area (Å²) in [5.74, 6) is 0.636. The van der Waals surface area contributed by atoms with Gasteiger partial charge in [-0.25, -0.2) is 0 Å². The van der Waals surface area contributed by atoms with Crippen LogP contribution >= 0.6 is 0 Å². The molecule has 0 aliphatic heterocycles. The highest BCUT2D eigenvalue weighted by Crippen LogP contribution is 2.16. The van der Waals surface area contributed by atoms with Gasteiger partial charge in [0.25, 0.3) is 5.91 Å². The molecule has 0 unspecified atom stereocenters. The summed E-state index contributed by atoms with van der Waals surface area (Å²) in [6.07, 6.45) is 4.14. The van der Waals surface area contributed by atoms with E-state index in [1.165, 1.54) is 6.20 Å². The Morgan fingerprint density at radius 1 is 1.26 bits per heavy atom. The van der Waals surface area contributed by atoms with Crippen LogP contribution in [-0.2, 0) is 0 Å². The normalized spacial score (nSPS) is 9.95. The molecule has 1 aromatic heterocycles. The van der Waals surface area contributed by atoms with Gasteiger partial charge >= 0.3 is 0 Å². The molecule has 19 heavy (non-hydrogen) atoms. The highest BCUT2D eigenvalue weighted by molar-refractivity contribution is 6.04. The number of pyridine rings is 1. The van der Waals surface area contributed by atoms with Crippen molar-refractivity contribution in [3.8, 4) is 5.75 Å². The Hall–Kier alpha value is -2.36. The number of nitrogens with one attached hydrogen (secondary N) is 1. The molecule has 0 spiro atoms. The van der Waals surface area contributed by atoms with Crippen LogP contribution in [0.5, 0.6) is 5.75 Å². The topological polar surface area (TPSA) is 51.2 Å². The van der Waals surface area contributed by atoms with Crippen molar-refractivity contribution in [2.24, 2.45) is 0 Å². The van der Waals surface area contributed by atoms with E-state index in [9.17, 15) is 4.79 Å². The van der Waals surface area contributed by atoms with Crippen LogP contribution in [0.25, 0.3) is 0 Å². The van der Waals surface area contributed by atoms with Crippen molar-refractivity contribution in [2.45, 2.75) is 13.3 Å². The molecule has 2 rings (SSSR count). The fourth-order valence-electron chi connectivity index (χ4n) is 1.55. The molecule has 0 saturated heterocycles. The van der Waals surface area contributed by atoms with Crippen molar-refractivity contribution in [2.75, 3.05) is 11.9 Å². The Kier molecular flexibility index (Phi) is 4.50. The maximum absolute atomic E-state index is 11.9. The number of ether oxygens (including phenoxy) is 1. The third-order valence-corrected chi connectivity index (χ3v) is 2.51. The zero-order valence-electron chi connectivity index (χ0n) is 10.8. The molecule has 0 aliphatic rings. The van der Waals surface area contributed by atoms with Gasteiger partial charge in [0.15, 0.2) is 0 Å². The molecule has 1 heterocycles. The van der Waals surface area contributed by atoms with Crippen molar-refractivity contribution >= 4 is 11.6 Å². The molecule has 0 bridgehead atoms. The van der Waals surface area contributed by atoms with E-state index >= 15 is 0 Å². The Labute approximate surface area is 112 Å². The van der Waals surface area contributed by atoms with Crippen molar-refractivity contribution in [3.05, 3.63) is 54.4 Å². The first kappa shape index (κ1) is 13.1. The van der Waals surface area contributed by atoms with E-state index in [-0.39, 0.29) is 5.91 Å². The first-order valence-corrected chi connectivity index (χ1v) is 6.24. The van der Waals surface area contributed by atoms with Crippen LogP contribution in [0.2, 0.25) is 0 Å². The lowest BCUT2D eigenvalue weighted by molar-refractivity contribution is 0.102. The predicted molar refractivity (Wildman–Crippen MR) is 74.4 cm³/mol. The van der Waals surface area contributed by atoms with Gasteiger partial charge < -0.3 is 10.1 Å². The summed E-state index contributed by atoms with van der Waals surface area (Å²) in [7, 11) is 0. The zero-order chi connectivity index (χ0) is 13.5. The largest absolute Gasteiger partial charge is 0.494 e. The summed E-state index contributed by atoms with van der Waals surface area (Å²) in [5, 5.41) is 2.81. The number of aromatic nitrogens is 1. The summed E-state index contributed by atoms with van der Waals surface area (Å²) >= 11 is 0. The summed E-state index contributed by atoms with van der Waals surface area (Å²) in [6.45, 7) is 2.75. The maximum Gasteiger partial charge on any atom is 0.257 e. The third-order valence-electron chi connectivity index (χ3n) is 2.51. The molecule has 0 saturated carbocycles. The van der Waals surface area contributed by atoms with E-state index in [2.05, 4.69) is 17.2 Å². The van der Waals surface area contributed by atoms with Gasteiger partial charge in [-0.1, -0.05) is 6.92 Å². The van der Waals surface area contributed by atoms with Gasteiger partial charge in [0.05, 0.1) is 12.2 Å². The first-order valence-electron chi connectivity index (χ1n) is 6.24. The Morgan fingerprint density at radius 2 is 2.05 bits per heavy atom. The smallest absolute Gasteiger partial charge is 0.257 e. The second kappa shape index (κ2) is 6.54.